The zero-order valence-corrected chi connectivity index (χ0v) is 11.0. The molecule has 0 atom stereocenters. The van der Waals surface area contributed by atoms with Crippen LogP contribution in [0.5, 0.6) is 0 Å². The molecule has 1 aromatic rings. The second-order valence-electron chi connectivity index (χ2n) is 4.05. The summed E-state index contributed by atoms with van der Waals surface area (Å²) < 4.78 is 4.58. The predicted octanol–water partition coefficient (Wildman–Crippen LogP) is -0.875. The number of carbonyl (C=O) groups is 1. The number of carbonyl (C=O) groups excluding carboxylic acids is 1. The number of likely N-dealkylation sites (N-methyl/N-ethyl adjacent to an activating group) is 1. The molecule has 0 aliphatic heterocycles. The number of nitrogen functional groups attached to an aromatic ring is 1. The number of methoxy groups -OCH3 is 1. The van der Waals surface area contributed by atoms with E-state index in [2.05, 4.69) is 19.7 Å². The minimum atomic E-state index is -0.313. The summed E-state index contributed by atoms with van der Waals surface area (Å²) in [6.07, 6.45) is 0. The number of hydrogen-bond acceptors (Lipinski definition) is 8. The summed E-state index contributed by atoms with van der Waals surface area (Å²) in [4.78, 5) is 26.8. The first-order valence-electron chi connectivity index (χ1n) is 5.35. The van der Waals surface area contributed by atoms with Crippen molar-refractivity contribution in [2.45, 2.75) is 6.54 Å². The molecule has 8 nitrogen and oxygen atoms in total. The smallest absolute Gasteiger partial charge is 0.319 e. The van der Waals surface area contributed by atoms with E-state index >= 15 is 0 Å². The van der Waals surface area contributed by atoms with Crippen LogP contribution >= 0.6 is 0 Å². The monoisotopic (exact) mass is 254 g/mol. The Hall–Kier alpha value is -1.96. The standard InChI is InChI=1S/C10H18N6O2/c1-15(2)10-13-7(12-9(11)14-10)5-16(3)6-8(17)18-4/h5-6H2,1-4H3,(H2,11,12,13,14). The minimum Gasteiger partial charge on any atom is -0.468 e. The third kappa shape index (κ3) is 4.13. The quantitative estimate of drug-likeness (QED) is 0.677. The zero-order valence-electron chi connectivity index (χ0n) is 11.0. The van der Waals surface area contributed by atoms with E-state index in [1.54, 1.807) is 16.8 Å². The van der Waals surface area contributed by atoms with Gasteiger partial charge in [-0.3, -0.25) is 9.69 Å². The maximum absolute atomic E-state index is 11.1. The molecule has 0 fully saturated rings. The molecule has 1 heterocycles. The Morgan fingerprint density at radius 1 is 1.28 bits per heavy atom. The average Bonchev–Trinajstić information content (AvgIpc) is 2.27. The van der Waals surface area contributed by atoms with Crippen LogP contribution in [0.25, 0.3) is 0 Å². The molecule has 0 aliphatic rings. The van der Waals surface area contributed by atoms with Crippen molar-refractivity contribution in [3.8, 4) is 0 Å². The van der Waals surface area contributed by atoms with Crippen molar-refractivity contribution >= 4 is 17.9 Å². The van der Waals surface area contributed by atoms with Crippen LogP contribution in [0.1, 0.15) is 5.82 Å². The Morgan fingerprint density at radius 2 is 1.94 bits per heavy atom. The summed E-state index contributed by atoms with van der Waals surface area (Å²) in [5.74, 6) is 0.851. The molecule has 1 rings (SSSR count). The summed E-state index contributed by atoms with van der Waals surface area (Å²) in [7, 11) is 6.75. The number of ether oxygens (including phenoxy) is 1. The van der Waals surface area contributed by atoms with Gasteiger partial charge in [0, 0.05) is 14.1 Å². The summed E-state index contributed by atoms with van der Waals surface area (Å²) in [6.45, 7) is 0.558. The topological polar surface area (TPSA) is 97.5 Å². The minimum absolute atomic E-state index is 0.162. The summed E-state index contributed by atoms with van der Waals surface area (Å²) in [5, 5.41) is 0. The molecule has 1 aromatic heterocycles. The Kier molecular flexibility index (Phi) is 4.78. The highest BCUT2D eigenvalue weighted by Crippen LogP contribution is 2.07. The Balaban J connectivity index is 2.75. The van der Waals surface area contributed by atoms with Crippen molar-refractivity contribution in [2.24, 2.45) is 0 Å². The van der Waals surface area contributed by atoms with Crippen LogP contribution in [0.2, 0.25) is 0 Å². The Morgan fingerprint density at radius 3 is 2.50 bits per heavy atom. The van der Waals surface area contributed by atoms with Gasteiger partial charge in [-0.1, -0.05) is 0 Å². The number of esters is 1. The normalized spacial score (nSPS) is 10.5. The van der Waals surface area contributed by atoms with Crippen LogP contribution in [0.4, 0.5) is 11.9 Å². The fourth-order valence-electron chi connectivity index (χ4n) is 1.28. The first-order valence-corrected chi connectivity index (χ1v) is 5.35. The number of anilines is 2. The fourth-order valence-corrected chi connectivity index (χ4v) is 1.28. The predicted molar refractivity (Wildman–Crippen MR) is 66.9 cm³/mol. The van der Waals surface area contributed by atoms with Gasteiger partial charge < -0.3 is 15.4 Å². The maximum atomic E-state index is 11.1. The van der Waals surface area contributed by atoms with E-state index in [-0.39, 0.29) is 18.5 Å². The lowest BCUT2D eigenvalue weighted by Crippen LogP contribution is -2.28. The Labute approximate surface area is 106 Å². The SMILES string of the molecule is COC(=O)CN(C)Cc1nc(N)nc(N(C)C)n1. The van der Waals surface area contributed by atoms with E-state index in [0.717, 1.165) is 0 Å². The lowest BCUT2D eigenvalue weighted by Gasteiger charge is -2.16. The first kappa shape index (κ1) is 14.1. The molecule has 100 valence electrons. The van der Waals surface area contributed by atoms with Gasteiger partial charge in [0.05, 0.1) is 20.2 Å². The fraction of sp³-hybridized carbons (Fsp3) is 0.600. The van der Waals surface area contributed by atoms with E-state index < -0.39 is 0 Å². The summed E-state index contributed by atoms with van der Waals surface area (Å²) >= 11 is 0. The van der Waals surface area contributed by atoms with Crippen molar-refractivity contribution in [1.29, 1.82) is 0 Å². The highest BCUT2D eigenvalue weighted by atomic mass is 16.5. The van der Waals surface area contributed by atoms with Crippen molar-refractivity contribution in [3.63, 3.8) is 0 Å². The van der Waals surface area contributed by atoms with Gasteiger partial charge in [0.25, 0.3) is 0 Å². The van der Waals surface area contributed by atoms with Gasteiger partial charge in [-0.05, 0) is 7.05 Å². The van der Waals surface area contributed by atoms with Crippen LogP contribution in [-0.2, 0) is 16.1 Å². The molecular formula is C10H18N6O2. The molecule has 0 aliphatic carbocycles. The second kappa shape index (κ2) is 6.10. The number of nitrogens with zero attached hydrogens (tertiary/aromatic N) is 5. The first-order chi connectivity index (χ1) is 8.42. The zero-order chi connectivity index (χ0) is 13.7. The van der Waals surface area contributed by atoms with Gasteiger partial charge in [-0.25, -0.2) is 0 Å². The summed E-state index contributed by atoms with van der Waals surface area (Å²) in [5.41, 5.74) is 5.60. The third-order valence-corrected chi connectivity index (χ3v) is 2.13. The average molecular weight is 254 g/mol. The van der Waals surface area contributed by atoms with Crippen molar-refractivity contribution < 1.29 is 9.53 Å². The van der Waals surface area contributed by atoms with Gasteiger partial charge in [0.1, 0.15) is 5.82 Å². The highest BCUT2D eigenvalue weighted by molar-refractivity contribution is 5.71. The molecular weight excluding hydrogens is 236 g/mol. The molecule has 2 N–H and O–H groups in total. The lowest BCUT2D eigenvalue weighted by molar-refractivity contribution is -0.141. The number of hydrogen-bond donors (Lipinski definition) is 1. The van der Waals surface area contributed by atoms with Crippen molar-refractivity contribution in [3.05, 3.63) is 5.82 Å². The molecule has 0 unspecified atom stereocenters. The van der Waals surface area contributed by atoms with Crippen LogP contribution < -0.4 is 10.6 Å². The van der Waals surface area contributed by atoms with Crippen molar-refractivity contribution in [1.82, 2.24) is 19.9 Å². The van der Waals surface area contributed by atoms with Gasteiger partial charge in [-0.2, -0.15) is 15.0 Å². The number of aromatic nitrogens is 3. The molecule has 0 amide bonds. The van der Waals surface area contributed by atoms with E-state index in [1.807, 2.05) is 14.1 Å². The molecule has 0 aromatic carbocycles. The molecule has 0 radical (unpaired) electrons. The molecule has 0 spiro atoms. The molecule has 18 heavy (non-hydrogen) atoms. The highest BCUT2D eigenvalue weighted by Gasteiger charge is 2.11. The molecule has 0 saturated heterocycles. The molecule has 0 saturated carbocycles. The van der Waals surface area contributed by atoms with E-state index in [0.29, 0.717) is 18.3 Å². The van der Waals surface area contributed by atoms with Crippen LogP contribution in [-0.4, -0.2) is 60.6 Å². The van der Waals surface area contributed by atoms with E-state index in [1.165, 1.54) is 7.11 Å². The van der Waals surface area contributed by atoms with Crippen LogP contribution in [0.3, 0.4) is 0 Å². The lowest BCUT2D eigenvalue weighted by atomic mass is 10.5. The van der Waals surface area contributed by atoms with Crippen molar-refractivity contribution in [2.75, 3.05) is 45.4 Å². The summed E-state index contributed by atoms with van der Waals surface area (Å²) in [6, 6.07) is 0. The number of nitrogens with two attached hydrogens (primary N) is 1. The van der Waals surface area contributed by atoms with Gasteiger partial charge >= 0.3 is 5.97 Å². The van der Waals surface area contributed by atoms with E-state index in [4.69, 9.17) is 5.73 Å². The number of rotatable bonds is 5. The largest absolute Gasteiger partial charge is 0.468 e. The van der Waals surface area contributed by atoms with Gasteiger partial charge in [-0.15, -0.1) is 0 Å². The Bertz CT molecular complexity index is 423. The third-order valence-electron chi connectivity index (χ3n) is 2.13. The molecule has 0 bridgehead atoms. The second-order valence-corrected chi connectivity index (χ2v) is 4.05. The maximum Gasteiger partial charge on any atom is 0.319 e. The van der Waals surface area contributed by atoms with Gasteiger partial charge in [0.15, 0.2) is 0 Å². The van der Waals surface area contributed by atoms with Gasteiger partial charge in [0.2, 0.25) is 11.9 Å². The molecule has 8 heteroatoms. The van der Waals surface area contributed by atoms with Crippen LogP contribution in [0.15, 0.2) is 0 Å². The van der Waals surface area contributed by atoms with E-state index in [9.17, 15) is 4.79 Å². The van der Waals surface area contributed by atoms with Crippen LogP contribution in [0, 0.1) is 0 Å².